The molecule has 1 aromatic carbocycles. The topological polar surface area (TPSA) is 17.8 Å². The molecule has 0 unspecified atom stereocenters. The van der Waals surface area contributed by atoms with Crippen LogP contribution in [0.15, 0.2) is 34.1 Å². The van der Waals surface area contributed by atoms with Crippen molar-refractivity contribution in [3.63, 3.8) is 0 Å². The molecular weight excluding hydrogens is 470 g/mol. The number of imidazole rings is 1. The van der Waals surface area contributed by atoms with Gasteiger partial charge in [-0.2, -0.15) is 0 Å². The molecule has 0 aliphatic rings. The van der Waals surface area contributed by atoms with E-state index in [0.29, 0.717) is 5.88 Å². The maximum Gasteiger partial charge on any atom is 0.111 e. The normalized spacial score (nSPS) is 11.3. The number of halogens is 3. The van der Waals surface area contributed by atoms with Crippen LogP contribution in [-0.4, -0.2) is 15.4 Å². The van der Waals surface area contributed by atoms with Gasteiger partial charge in [-0.15, -0.1) is 22.9 Å². The van der Waals surface area contributed by atoms with E-state index in [1.807, 2.05) is 0 Å². The minimum atomic E-state index is 0.589. The van der Waals surface area contributed by atoms with E-state index < -0.39 is 0 Å². The van der Waals surface area contributed by atoms with Gasteiger partial charge in [-0.1, -0.05) is 0 Å². The standard InChI is InChI=1S/C14H11BrClIN2S/c15-10-4-6-20-13(10)8-19-12-2-1-9(17)7-11(12)18-14(19)3-5-16/h1-2,4,6-7H,3,5,8H2. The van der Waals surface area contributed by atoms with Crippen molar-refractivity contribution in [3.8, 4) is 0 Å². The molecule has 0 atom stereocenters. The molecule has 0 spiro atoms. The van der Waals surface area contributed by atoms with Crippen LogP contribution in [0.5, 0.6) is 0 Å². The van der Waals surface area contributed by atoms with Crippen molar-refractivity contribution in [3.05, 3.63) is 48.4 Å². The third-order valence-corrected chi connectivity index (χ3v) is 5.87. The monoisotopic (exact) mass is 480 g/mol. The highest BCUT2D eigenvalue weighted by Gasteiger charge is 2.13. The van der Waals surface area contributed by atoms with Crippen molar-refractivity contribution in [2.24, 2.45) is 0 Å². The Bertz CT molecular complexity index is 753. The number of benzene rings is 1. The third-order valence-electron chi connectivity index (χ3n) is 3.10. The van der Waals surface area contributed by atoms with E-state index in [4.69, 9.17) is 16.6 Å². The van der Waals surface area contributed by atoms with Gasteiger partial charge in [0, 0.05) is 25.2 Å². The second kappa shape index (κ2) is 6.34. The van der Waals surface area contributed by atoms with Gasteiger partial charge in [0.15, 0.2) is 0 Å². The van der Waals surface area contributed by atoms with E-state index in [9.17, 15) is 0 Å². The summed E-state index contributed by atoms with van der Waals surface area (Å²) in [4.78, 5) is 6.04. The number of fused-ring (bicyclic) bond motifs is 1. The highest BCUT2D eigenvalue weighted by molar-refractivity contribution is 14.1. The fourth-order valence-electron chi connectivity index (χ4n) is 2.19. The molecule has 0 saturated carbocycles. The summed E-state index contributed by atoms with van der Waals surface area (Å²) in [6.45, 7) is 0.835. The minimum absolute atomic E-state index is 0.589. The Morgan fingerprint density at radius 1 is 1.35 bits per heavy atom. The lowest BCUT2D eigenvalue weighted by atomic mass is 10.3. The second-order valence-electron chi connectivity index (χ2n) is 4.38. The number of thiophene rings is 1. The van der Waals surface area contributed by atoms with Crippen molar-refractivity contribution >= 4 is 72.5 Å². The summed E-state index contributed by atoms with van der Waals surface area (Å²) in [7, 11) is 0. The van der Waals surface area contributed by atoms with Crippen molar-refractivity contribution in [1.82, 2.24) is 9.55 Å². The summed E-state index contributed by atoms with van der Waals surface area (Å²) in [6.07, 6.45) is 0.788. The summed E-state index contributed by atoms with van der Waals surface area (Å²) in [6, 6.07) is 8.47. The van der Waals surface area contributed by atoms with Gasteiger partial charge in [0.25, 0.3) is 0 Å². The number of hydrogen-bond acceptors (Lipinski definition) is 2. The van der Waals surface area contributed by atoms with E-state index in [-0.39, 0.29) is 0 Å². The molecule has 0 aliphatic heterocycles. The van der Waals surface area contributed by atoms with Crippen molar-refractivity contribution in [2.75, 3.05) is 5.88 Å². The van der Waals surface area contributed by atoms with E-state index in [1.165, 1.54) is 14.0 Å². The second-order valence-corrected chi connectivity index (χ2v) is 7.86. The first-order valence-electron chi connectivity index (χ1n) is 6.11. The van der Waals surface area contributed by atoms with Crippen molar-refractivity contribution < 1.29 is 0 Å². The van der Waals surface area contributed by atoms with Crippen LogP contribution in [-0.2, 0) is 13.0 Å². The predicted molar refractivity (Wildman–Crippen MR) is 98.0 cm³/mol. The van der Waals surface area contributed by atoms with Gasteiger partial charge >= 0.3 is 0 Å². The molecule has 0 bridgehead atoms. The molecule has 0 fully saturated rings. The summed E-state index contributed by atoms with van der Waals surface area (Å²) in [5.74, 6) is 1.64. The Kier molecular flexibility index (Phi) is 4.69. The molecule has 3 aromatic rings. The van der Waals surface area contributed by atoms with E-state index in [2.05, 4.69) is 72.7 Å². The summed E-state index contributed by atoms with van der Waals surface area (Å²) in [5, 5.41) is 2.10. The number of aromatic nitrogens is 2. The molecule has 3 rings (SSSR count). The van der Waals surface area contributed by atoms with Crippen LogP contribution in [0.25, 0.3) is 11.0 Å². The number of nitrogens with zero attached hydrogens (tertiary/aromatic N) is 2. The molecular formula is C14H11BrClIN2S. The lowest BCUT2D eigenvalue weighted by Gasteiger charge is -2.07. The molecule has 20 heavy (non-hydrogen) atoms. The zero-order valence-electron chi connectivity index (χ0n) is 10.4. The van der Waals surface area contributed by atoms with Gasteiger partial charge in [-0.25, -0.2) is 4.98 Å². The summed E-state index contributed by atoms with van der Waals surface area (Å²) in [5.41, 5.74) is 2.22. The Balaban J connectivity index is 2.11. The molecule has 0 aliphatic carbocycles. The van der Waals surface area contributed by atoms with Crippen LogP contribution in [0.1, 0.15) is 10.7 Å². The van der Waals surface area contributed by atoms with Crippen LogP contribution in [0, 0.1) is 3.57 Å². The highest BCUT2D eigenvalue weighted by atomic mass is 127. The average Bonchev–Trinajstić information content (AvgIpc) is 2.96. The lowest BCUT2D eigenvalue weighted by molar-refractivity contribution is 0.761. The van der Waals surface area contributed by atoms with Gasteiger partial charge < -0.3 is 4.57 Å². The predicted octanol–water partition coefficient (Wildman–Crippen LogP) is 5.29. The first kappa shape index (κ1) is 14.8. The molecule has 0 saturated heterocycles. The van der Waals surface area contributed by atoms with E-state index >= 15 is 0 Å². The molecule has 2 aromatic heterocycles. The van der Waals surface area contributed by atoms with Gasteiger partial charge in [-0.3, -0.25) is 0 Å². The Morgan fingerprint density at radius 2 is 2.20 bits per heavy atom. The van der Waals surface area contributed by atoms with Crippen LogP contribution in [0.4, 0.5) is 0 Å². The third kappa shape index (κ3) is 2.91. The van der Waals surface area contributed by atoms with E-state index in [0.717, 1.165) is 28.8 Å². The number of rotatable bonds is 4. The minimum Gasteiger partial charge on any atom is -0.323 e. The SMILES string of the molecule is ClCCc1nc2cc(I)ccc2n1Cc1sccc1Br. The van der Waals surface area contributed by atoms with Crippen molar-refractivity contribution in [2.45, 2.75) is 13.0 Å². The number of alkyl halides is 1. The van der Waals surface area contributed by atoms with Crippen LogP contribution < -0.4 is 0 Å². The molecule has 6 heteroatoms. The Hall–Kier alpha value is -0.110. The Labute approximate surface area is 148 Å². The molecule has 0 amide bonds. The van der Waals surface area contributed by atoms with Crippen LogP contribution in [0.3, 0.4) is 0 Å². The molecule has 0 N–H and O–H groups in total. The highest BCUT2D eigenvalue weighted by Crippen LogP contribution is 2.27. The van der Waals surface area contributed by atoms with Gasteiger partial charge in [0.1, 0.15) is 5.82 Å². The first-order chi connectivity index (χ1) is 9.69. The Morgan fingerprint density at radius 3 is 2.90 bits per heavy atom. The maximum atomic E-state index is 5.92. The fourth-order valence-corrected chi connectivity index (χ4v) is 4.30. The smallest absolute Gasteiger partial charge is 0.111 e. The lowest BCUT2D eigenvalue weighted by Crippen LogP contribution is -2.05. The van der Waals surface area contributed by atoms with Gasteiger partial charge in [0.2, 0.25) is 0 Å². The quantitative estimate of drug-likeness (QED) is 0.366. The zero-order valence-corrected chi connectivity index (χ0v) is 15.8. The number of aryl methyl sites for hydroxylation is 1. The number of hydrogen-bond donors (Lipinski definition) is 0. The maximum absolute atomic E-state index is 5.92. The summed E-state index contributed by atoms with van der Waals surface area (Å²) >= 11 is 13.6. The molecule has 0 radical (unpaired) electrons. The van der Waals surface area contributed by atoms with Crippen LogP contribution >= 0.6 is 61.5 Å². The van der Waals surface area contributed by atoms with Crippen molar-refractivity contribution in [1.29, 1.82) is 0 Å². The van der Waals surface area contributed by atoms with Gasteiger partial charge in [-0.05, 0) is 68.2 Å². The largest absolute Gasteiger partial charge is 0.323 e. The van der Waals surface area contributed by atoms with E-state index in [1.54, 1.807) is 11.3 Å². The average molecular weight is 482 g/mol. The van der Waals surface area contributed by atoms with Gasteiger partial charge in [0.05, 0.1) is 17.6 Å². The molecule has 2 nitrogen and oxygen atoms in total. The first-order valence-corrected chi connectivity index (χ1v) is 9.40. The summed E-state index contributed by atoms with van der Waals surface area (Å²) < 4.78 is 4.63. The molecule has 2 heterocycles. The molecule has 104 valence electrons. The van der Waals surface area contributed by atoms with Crippen LogP contribution in [0.2, 0.25) is 0 Å². The zero-order chi connectivity index (χ0) is 14.1. The fraction of sp³-hybridized carbons (Fsp3) is 0.214.